The van der Waals surface area contributed by atoms with Gasteiger partial charge in [0.1, 0.15) is 23.7 Å². The number of carboxylic acid groups (broad SMARTS) is 1. The maximum Gasteiger partial charge on any atom is 0.461 e. The van der Waals surface area contributed by atoms with Crippen molar-refractivity contribution in [2.24, 2.45) is 0 Å². The molecule has 128 valence electrons. The summed E-state index contributed by atoms with van der Waals surface area (Å²) >= 11 is 0. The quantitative estimate of drug-likeness (QED) is 0.773. The van der Waals surface area contributed by atoms with Crippen LogP contribution in [0.15, 0.2) is 24.3 Å². The van der Waals surface area contributed by atoms with Crippen LogP contribution >= 0.6 is 0 Å². The molecule has 9 heteroatoms. The van der Waals surface area contributed by atoms with E-state index in [0.29, 0.717) is 18.6 Å². The molecule has 2 rings (SSSR count). The van der Waals surface area contributed by atoms with E-state index in [1.165, 1.54) is 17.0 Å². The maximum atomic E-state index is 12.7. The third-order valence-corrected chi connectivity index (χ3v) is 3.33. The highest BCUT2D eigenvalue weighted by atomic mass is 19.3. The summed E-state index contributed by atoms with van der Waals surface area (Å²) in [5.41, 5.74) is 0. The maximum absolute atomic E-state index is 12.7. The molecule has 1 aliphatic heterocycles. The topological polar surface area (TPSA) is 61.8 Å². The number of halogens is 4. The van der Waals surface area contributed by atoms with Crippen molar-refractivity contribution in [3.05, 3.63) is 24.3 Å². The van der Waals surface area contributed by atoms with Crippen LogP contribution in [0.1, 0.15) is 12.8 Å². The lowest BCUT2D eigenvalue weighted by atomic mass is 10.1. The van der Waals surface area contributed by atoms with E-state index < -0.39 is 24.4 Å². The lowest BCUT2D eigenvalue weighted by Gasteiger charge is -2.33. The van der Waals surface area contributed by atoms with Crippen molar-refractivity contribution < 1.29 is 36.9 Å². The van der Waals surface area contributed by atoms with Gasteiger partial charge in [-0.15, -0.1) is 0 Å². The Morgan fingerprint density at radius 2 is 1.70 bits per heavy atom. The second-order valence-corrected chi connectivity index (χ2v) is 5.01. The van der Waals surface area contributed by atoms with Gasteiger partial charge in [-0.3, -0.25) is 0 Å². The molecule has 0 radical (unpaired) electrons. The van der Waals surface area contributed by atoms with Crippen LogP contribution in [0.4, 0.5) is 22.4 Å². The molecule has 0 saturated carbocycles. The molecule has 0 aliphatic carbocycles. The summed E-state index contributed by atoms with van der Waals surface area (Å²) in [5, 5.41) is 10.7. The van der Waals surface area contributed by atoms with Gasteiger partial charge in [0, 0.05) is 25.9 Å². The number of nitrogens with zero attached hydrogens (tertiary/aromatic N) is 1. The third kappa shape index (κ3) is 4.64. The fourth-order valence-corrected chi connectivity index (χ4v) is 2.14. The smallest absolute Gasteiger partial charge is 0.461 e. The van der Waals surface area contributed by atoms with Gasteiger partial charge in [0.05, 0.1) is 0 Å². The zero-order chi connectivity index (χ0) is 17.0. The second-order valence-electron chi connectivity index (χ2n) is 5.01. The van der Waals surface area contributed by atoms with E-state index in [0.717, 1.165) is 12.1 Å². The van der Waals surface area contributed by atoms with E-state index in [2.05, 4.69) is 4.74 Å². The number of piperidine rings is 1. The van der Waals surface area contributed by atoms with Gasteiger partial charge in [0.25, 0.3) is 0 Å². The van der Waals surface area contributed by atoms with E-state index in [4.69, 9.17) is 4.74 Å². The molecule has 23 heavy (non-hydrogen) atoms. The summed E-state index contributed by atoms with van der Waals surface area (Å²) in [5.74, 6) is -0.0564. The highest BCUT2D eigenvalue weighted by molar-refractivity contribution is 5.62. The lowest BCUT2D eigenvalue weighted by molar-refractivity contribution is -0.266. The molecular weight excluding hydrogens is 322 g/mol. The summed E-state index contributed by atoms with van der Waals surface area (Å²) in [6, 6.07) is 4.84. The van der Waals surface area contributed by atoms with Gasteiger partial charge in [-0.25, -0.2) is 0 Å². The Morgan fingerprint density at radius 1 is 1.17 bits per heavy atom. The van der Waals surface area contributed by atoms with Gasteiger partial charge in [-0.05, 0) is 24.3 Å². The first kappa shape index (κ1) is 17.2. The zero-order valence-electron chi connectivity index (χ0n) is 11.9. The Morgan fingerprint density at radius 3 is 2.17 bits per heavy atom. The van der Waals surface area contributed by atoms with Crippen molar-refractivity contribution in [1.82, 2.24) is 4.90 Å². The predicted octanol–water partition coefficient (Wildman–Crippen LogP) is 2.11. The van der Waals surface area contributed by atoms with Crippen LogP contribution in [0.25, 0.3) is 0 Å². The van der Waals surface area contributed by atoms with Gasteiger partial charge in [-0.1, -0.05) is 0 Å². The molecule has 1 fully saturated rings. The Labute approximate surface area is 129 Å². The van der Waals surface area contributed by atoms with Gasteiger partial charge < -0.3 is 24.3 Å². The monoisotopic (exact) mass is 336 g/mol. The van der Waals surface area contributed by atoms with Crippen molar-refractivity contribution in [1.29, 1.82) is 0 Å². The van der Waals surface area contributed by atoms with Crippen LogP contribution in [0.3, 0.4) is 0 Å². The Hall–Kier alpha value is -2.19. The minimum Gasteiger partial charge on any atom is -0.530 e. The molecule has 0 bridgehead atoms. The zero-order valence-corrected chi connectivity index (χ0v) is 11.9. The van der Waals surface area contributed by atoms with Crippen molar-refractivity contribution >= 4 is 6.09 Å². The summed E-state index contributed by atoms with van der Waals surface area (Å²) in [4.78, 5) is 11.8. The number of ether oxygens (including phenoxy) is 2. The highest BCUT2D eigenvalue weighted by Gasteiger charge is 2.43. The first-order valence-electron chi connectivity index (χ1n) is 6.85. The van der Waals surface area contributed by atoms with E-state index >= 15 is 0 Å². The highest BCUT2D eigenvalue weighted by Crippen LogP contribution is 2.29. The van der Waals surface area contributed by atoms with Gasteiger partial charge in [0.2, 0.25) is 0 Å². The van der Waals surface area contributed by atoms with Crippen LogP contribution in [0, 0.1) is 0 Å². The Kier molecular flexibility index (Phi) is 5.17. The number of carbonyl (C=O) groups excluding carboxylic acids is 1. The molecule has 1 saturated heterocycles. The molecule has 0 atom stereocenters. The van der Waals surface area contributed by atoms with Crippen LogP contribution in [0.5, 0.6) is 11.5 Å². The Balaban J connectivity index is 1.87. The van der Waals surface area contributed by atoms with Gasteiger partial charge >= 0.3 is 12.5 Å². The van der Waals surface area contributed by atoms with Crippen LogP contribution < -0.4 is 14.6 Å². The number of hydrogen-bond acceptors (Lipinski definition) is 4. The van der Waals surface area contributed by atoms with E-state index in [1.54, 1.807) is 0 Å². The third-order valence-electron chi connectivity index (χ3n) is 3.33. The first-order chi connectivity index (χ1) is 10.8. The fourth-order valence-electron chi connectivity index (χ4n) is 2.14. The van der Waals surface area contributed by atoms with Crippen LogP contribution in [-0.2, 0) is 0 Å². The number of rotatable bonds is 5. The molecule has 0 aromatic heterocycles. The molecule has 1 amide bonds. The number of likely N-dealkylation sites (tertiary alicyclic amines) is 1. The number of carbonyl (C=O) groups is 1. The van der Waals surface area contributed by atoms with Gasteiger partial charge in [0.15, 0.2) is 0 Å². The van der Waals surface area contributed by atoms with Crippen LogP contribution in [-0.4, -0.2) is 42.7 Å². The number of alkyl halides is 4. The van der Waals surface area contributed by atoms with Crippen LogP contribution in [0.2, 0.25) is 0 Å². The van der Waals surface area contributed by atoms with E-state index in [9.17, 15) is 27.5 Å². The molecule has 1 heterocycles. The van der Waals surface area contributed by atoms with Crippen molar-refractivity contribution in [2.45, 2.75) is 31.5 Å². The molecule has 0 N–H and O–H groups in total. The number of amides is 1. The van der Waals surface area contributed by atoms with Crippen molar-refractivity contribution in [2.75, 3.05) is 13.1 Å². The van der Waals surface area contributed by atoms with Gasteiger partial charge in [-0.2, -0.15) is 17.6 Å². The SMILES string of the molecule is O=C([O-])N1CCC(Oc2ccc(OC(F)(F)C(F)F)cc2)CC1. The van der Waals surface area contributed by atoms with E-state index in [-0.39, 0.29) is 19.2 Å². The molecular formula is C14H14F4NO4-. The second kappa shape index (κ2) is 6.93. The average Bonchev–Trinajstić information content (AvgIpc) is 2.49. The summed E-state index contributed by atoms with van der Waals surface area (Å²) in [7, 11) is 0. The van der Waals surface area contributed by atoms with Crippen molar-refractivity contribution in [3.63, 3.8) is 0 Å². The Bertz CT molecular complexity index is 530. The average molecular weight is 336 g/mol. The van der Waals surface area contributed by atoms with E-state index in [1.807, 2.05) is 0 Å². The molecule has 0 spiro atoms. The summed E-state index contributed by atoms with van der Waals surface area (Å²) < 4.78 is 59.1. The standard InChI is InChI=1S/C14H15F4NO4/c15-12(16)14(17,18)23-11-3-1-9(2-4-11)22-10-5-7-19(8-6-10)13(20)21/h1-4,10,12H,5-8H2,(H,20,21)/p-1. The molecule has 1 aromatic carbocycles. The first-order valence-corrected chi connectivity index (χ1v) is 6.85. The normalized spacial score (nSPS) is 16.5. The molecule has 1 aromatic rings. The molecule has 1 aliphatic rings. The minimum atomic E-state index is -4.56. The molecule has 5 nitrogen and oxygen atoms in total. The van der Waals surface area contributed by atoms with Crippen molar-refractivity contribution in [3.8, 4) is 11.5 Å². The fraction of sp³-hybridized carbons (Fsp3) is 0.500. The summed E-state index contributed by atoms with van der Waals surface area (Å²) in [6.07, 6.45) is -9.00. The number of hydrogen-bond donors (Lipinski definition) is 0. The molecule has 0 unspecified atom stereocenters. The lowest BCUT2D eigenvalue weighted by Crippen LogP contribution is -2.47. The predicted molar refractivity (Wildman–Crippen MR) is 68.6 cm³/mol. The minimum absolute atomic E-state index is 0.222. The number of benzene rings is 1. The summed E-state index contributed by atoms with van der Waals surface area (Å²) in [6.45, 7) is 0.573. The largest absolute Gasteiger partial charge is 0.530 e.